The normalized spacial score (nSPS) is 12.6. The average Bonchev–Trinajstić information content (AvgIpc) is 2.75. The maximum Gasteiger partial charge on any atom is 0.0760 e. The summed E-state index contributed by atoms with van der Waals surface area (Å²) in [4.78, 5) is 8.45. The van der Waals surface area contributed by atoms with Crippen molar-refractivity contribution in [2.45, 2.75) is 19.4 Å². The molecule has 0 bridgehead atoms. The van der Waals surface area contributed by atoms with Crippen molar-refractivity contribution in [2.24, 2.45) is 7.05 Å². The first kappa shape index (κ1) is 11.7. The van der Waals surface area contributed by atoms with Gasteiger partial charge in [0.15, 0.2) is 0 Å². The van der Waals surface area contributed by atoms with Crippen LogP contribution in [0, 0.1) is 0 Å². The standard InChI is InChI=1S/C12H17N5/c1-3-14-11(12-9-13-5-6-15-12)8-10-4-7-17(2)16-10/h4-7,9,11,14H,3,8H2,1-2H3. The number of rotatable bonds is 5. The highest BCUT2D eigenvalue weighted by molar-refractivity contribution is 5.09. The zero-order chi connectivity index (χ0) is 12.1. The van der Waals surface area contributed by atoms with Crippen LogP contribution in [0.15, 0.2) is 30.9 Å². The molecule has 0 amide bonds. The zero-order valence-corrected chi connectivity index (χ0v) is 10.2. The minimum absolute atomic E-state index is 0.170. The number of nitrogens with zero attached hydrogens (tertiary/aromatic N) is 4. The lowest BCUT2D eigenvalue weighted by atomic mass is 10.1. The minimum Gasteiger partial charge on any atom is -0.309 e. The predicted molar refractivity (Wildman–Crippen MR) is 65.4 cm³/mol. The van der Waals surface area contributed by atoms with E-state index in [1.165, 1.54) is 0 Å². The van der Waals surface area contributed by atoms with E-state index in [0.29, 0.717) is 0 Å². The van der Waals surface area contributed by atoms with E-state index in [-0.39, 0.29) is 6.04 Å². The number of nitrogens with one attached hydrogen (secondary N) is 1. The average molecular weight is 231 g/mol. The summed E-state index contributed by atoms with van der Waals surface area (Å²) in [5.41, 5.74) is 2.02. The second-order valence-corrected chi connectivity index (χ2v) is 3.93. The van der Waals surface area contributed by atoms with Crippen molar-refractivity contribution in [3.63, 3.8) is 0 Å². The summed E-state index contributed by atoms with van der Waals surface area (Å²) in [6.45, 7) is 2.98. The minimum atomic E-state index is 0.170. The van der Waals surface area contributed by atoms with Gasteiger partial charge in [-0.2, -0.15) is 5.10 Å². The van der Waals surface area contributed by atoms with Gasteiger partial charge in [-0.1, -0.05) is 6.92 Å². The molecule has 0 aromatic carbocycles. The molecule has 1 unspecified atom stereocenters. The molecule has 2 rings (SSSR count). The van der Waals surface area contributed by atoms with Crippen LogP contribution in [0.1, 0.15) is 24.4 Å². The number of likely N-dealkylation sites (N-methyl/N-ethyl adjacent to an activating group) is 1. The maximum atomic E-state index is 4.39. The van der Waals surface area contributed by atoms with Gasteiger partial charge in [0.2, 0.25) is 0 Å². The number of hydrogen-bond acceptors (Lipinski definition) is 4. The topological polar surface area (TPSA) is 55.6 Å². The fraction of sp³-hybridized carbons (Fsp3) is 0.417. The van der Waals surface area contributed by atoms with Gasteiger partial charge in [-0.3, -0.25) is 14.6 Å². The molecule has 0 aliphatic heterocycles. The molecule has 0 aliphatic carbocycles. The SMILES string of the molecule is CCNC(Cc1ccn(C)n1)c1cnccn1. The summed E-state index contributed by atoms with van der Waals surface area (Å²) >= 11 is 0. The highest BCUT2D eigenvalue weighted by atomic mass is 15.2. The van der Waals surface area contributed by atoms with E-state index in [1.807, 2.05) is 24.0 Å². The Hall–Kier alpha value is -1.75. The van der Waals surface area contributed by atoms with Crippen molar-refractivity contribution in [3.05, 3.63) is 42.2 Å². The summed E-state index contributed by atoms with van der Waals surface area (Å²) < 4.78 is 1.81. The summed E-state index contributed by atoms with van der Waals surface area (Å²) in [6, 6.07) is 2.20. The lowest BCUT2D eigenvalue weighted by molar-refractivity contribution is 0.525. The molecule has 5 heteroatoms. The lowest BCUT2D eigenvalue weighted by Gasteiger charge is -2.15. The van der Waals surface area contributed by atoms with Crippen LogP contribution in [0.4, 0.5) is 0 Å². The largest absolute Gasteiger partial charge is 0.309 e. The summed E-state index contributed by atoms with van der Waals surface area (Å²) in [6.07, 6.45) is 7.99. The third-order valence-electron chi connectivity index (χ3n) is 2.57. The number of aromatic nitrogens is 4. The Morgan fingerprint density at radius 3 is 2.88 bits per heavy atom. The van der Waals surface area contributed by atoms with Crippen molar-refractivity contribution >= 4 is 0 Å². The first-order valence-electron chi connectivity index (χ1n) is 5.77. The predicted octanol–water partition coefficient (Wildman–Crippen LogP) is 1.10. The van der Waals surface area contributed by atoms with Gasteiger partial charge in [-0.05, 0) is 12.6 Å². The quantitative estimate of drug-likeness (QED) is 0.837. The van der Waals surface area contributed by atoms with E-state index in [2.05, 4.69) is 27.3 Å². The molecule has 17 heavy (non-hydrogen) atoms. The molecule has 0 aliphatic rings. The molecule has 2 aromatic heterocycles. The summed E-state index contributed by atoms with van der Waals surface area (Å²) in [7, 11) is 1.92. The molecule has 1 atom stereocenters. The third-order valence-corrected chi connectivity index (χ3v) is 2.57. The van der Waals surface area contributed by atoms with E-state index in [0.717, 1.165) is 24.4 Å². The van der Waals surface area contributed by atoms with E-state index < -0.39 is 0 Å². The van der Waals surface area contributed by atoms with Crippen LogP contribution in [0.5, 0.6) is 0 Å². The Bertz CT molecular complexity index is 451. The Labute approximate surface area is 101 Å². The van der Waals surface area contributed by atoms with Crippen molar-refractivity contribution in [2.75, 3.05) is 6.54 Å². The molecular weight excluding hydrogens is 214 g/mol. The fourth-order valence-electron chi connectivity index (χ4n) is 1.80. The molecule has 0 fully saturated rings. The highest BCUT2D eigenvalue weighted by Gasteiger charge is 2.13. The zero-order valence-electron chi connectivity index (χ0n) is 10.2. The molecule has 0 radical (unpaired) electrons. The van der Waals surface area contributed by atoms with Crippen LogP contribution in [-0.4, -0.2) is 26.3 Å². The summed E-state index contributed by atoms with van der Waals surface area (Å²) in [5.74, 6) is 0. The lowest BCUT2D eigenvalue weighted by Crippen LogP contribution is -2.24. The maximum absolute atomic E-state index is 4.39. The van der Waals surface area contributed by atoms with E-state index in [4.69, 9.17) is 0 Å². The van der Waals surface area contributed by atoms with E-state index >= 15 is 0 Å². The number of hydrogen-bond donors (Lipinski definition) is 1. The molecule has 1 N–H and O–H groups in total. The Morgan fingerprint density at radius 1 is 1.41 bits per heavy atom. The molecule has 0 saturated carbocycles. The molecule has 2 aromatic rings. The second kappa shape index (κ2) is 5.54. The van der Waals surface area contributed by atoms with Gasteiger partial charge in [0.05, 0.1) is 17.4 Å². The second-order valence-electron chi connectivity index (χ2n) is 3.93. The van der Waals surface area contributed by atoms with Crippen molar-refractivity contribution in [3.8, 4) is 0 Å². The Kier molecular flexibility index (Phi) is 3.82. The van der Waals surface area contributed by atoms with E-state index in [1.54, 1.807) is 18.6 Å². The summed E-state index contributed by atoms with van der Waals surface area (Å²) in [5, 5.41) is 7.79. The van der Waals surface area contributed by atoms with Gasteiger partial charge in [-0.25, -0.2) is 0 Å². The van der Waals surface area contributed by atoms with Crippen LogP contribution in [0.3, 0.4) is 0 Å². The van der Waals surface area contributed by atoms with Gasteiger partial charge >= 0.3 is 0 Å². The molecule has 0 saturated heterocycles. The first-order chi connectivity index (χ1) is 8.29. The van der Waals surface area contributed by atoms with Gasteiger partial charge in [0.25, 0.3) is 0 Å². The van der Waals surface area contributed by atoms with Gasteiger partial charge < -0.3 is 5.32 Å². The van der Waals surface area contributed by atoms with E-state index in [9.17, 15) is 0 Å². The van der Waals surface area contributed by atoms with Crippen LogP contribution < -0.4 is 5.32 Å². The smallest absolute Gasteiger partial charge is 0.0760 e. The Balaban J connectivity index is 2.13. The Morgan fingerprint density at radius 2 is 2.29 bits per heavy atom. The van der Waals surface area contributed by atoms with Crippen molar-refractivity contribution < 1.29 is 0 Å². The molecule has 2 heterocycles. The van der Waals surface area contributed by atoms with Gasteiger partial charge in [0, 0.05) is 38.3 Å². The van der Waals surface area contributed by atoms with Crippen LogP contribution in [0.25, 0.3) is 0 Å². The van der Waals surface area contributed by atoms with Crippen LogP contribution in [0.2, 0.25) is 0 Å². The third kappa shape index (κ3) is 3.10. The molecule has 0 spiro atoms. The number of aryl methyl sites for hydroxylation is 1. The molecule has 5 nitrogen and oxygen atoms in total. The highest BCUT2D eigenvalue weighted by Crippen LogP contribution is 2.14. The molecule has 90 valence electrons. The van der Waals surface area contributed by atoms with Crippen molar-refractivity contribution in [1.29, 1.82) is 0 Å². The fourth-order valence-corrected chi connectivity index (χ4v) is 1.80. The monoisotopic (exact) mass is 231 g/mol. The van der Waals surface area contributed by atoms with Crippen LogP contribution >= 0.6 is 0 Å². The van der Waals surface area contributed by atoms with Gasteiger partial charge in [0.1, 0.15) is 0 Å². The molecular formula is C12H17N5. The first-order valence-corrected chi connectivity index (χ1v) is 5.77. The van der Waals surface area contributed by atoms with Crippen LogP contribution in [-0.2, 0) is 13.5 Å². The van der Waals surface area contributed by atoms with Gasteiger partial charge in [-0.15, -0.1) is 0 Å². The van der Waals surface area contributed by atoms with Crippen molar-refractivity contribution in [1.82, 2.24) is 25.1 Å².